The van der Waals surface area contributed by atoms with Gasteiger partial charge in [-0.1, -0.05) is 0 Å². The molecule has 0 aromatic heterocycles. The first kappa shape index (κ1) is 7.91. The number of rotatable bonds is 2. The Morgan fingerprint density at radius 2 is 2.45 bits per heavy atom. The van der Waals surface area contributed by atoms with E-state index in [1.165, 1.54) is 0 Å². The van der Waals surface area contributed by atoms with E-state index >= 15 is 0 Å². The number of nitro groups is 1. The Hall–Kier alpha value is -1.19. The van der Waals surface area contributed by atoms with E-state index in [4.69, 9.17) is 0 Å². The SMILES string of the molecule is O=CC1CCC=C([N+](=O)[O-])C1. The van der Waals surface area contributed by atoms with Gasteiger partial charge in [-0.05, 0) is 18.9 Å². The maximum Gasteiger partial charge on any atom is 0.243 e. The van der Waals surface area contributed by atoms with Crippen LogP contribution in [-0.2, 0) is 4.79 Å². The number of allylic oxidation sites excluding steroid dienone is 2. The van der Waals surface area contributed by atoms with Gasteiger partial charge in [0.2, 0.25) is 5.70 Å². The fourth-order valence-electron chi connectivity index (χ4n) is 1.18. The van der Waals surface area contributed by atoms with Crippen LogP contribution in [0.1, 0.15) is 19.3 Å². The topological polar surface area (TPSA) is 60.2 Å². The molecule has 0 bridgehead atoms. The number of carbonyl (C=O) groups excluding carboxylic acids is 1. The minimum atomic E-state index is -0.407. The zero-order valence-electron chi connectivity index (χ0n) is 6.03. The third-order valence-corrected chi connectivity index (χ3v) is 1.82. The second kappa shape index (κ2) is 3.27. The van der Waals surface area contributed by atoms with Crippen LogP contribution in [0.5, 0.6) is 0 Å². The van der Waals surface area contributed by atoms with Crippen molar-refractivity contribution in [2.75, 3.05) is 0 Å². The molecule has 0 amide bonds. The fraction of sp³-hybridized carbons (Fsp3) is 0.571. The summed E-state index contributed by atoms with van der Waals surface area (Å²) in [6.07, 6.45) is 4.10. The number of carbonyl (C=O) groups is 1. The van der Waals surface area contributed by atoms with Gasteiger partial charge < -0.3 is 4.79 Å². The van der Waals surface area contributed by atoms with E-state index in [-0.39, 0.29) is 11.6 Å². The van der Waals surface area contributed by atoms with Gasteiger partial charge in [0.25, 0.3) is 0 Å². The van der Waals surface area contributed by atoms with Crippen molar-refractivity contribution in [3.8, 4) is 0 Å². The van der Waals surface area contributed by atoms with Crippen LogP contribution in [-0.4, -0.2) is 11.2 Å². The Morgan fingerprint density at radius 3 is 3.00 bits per heavy atom. The molecule has 0 saturated carbocycles. The predicted octanol–water partition coefficient (Wildman–Crippen LogP) is 1.15. The summed E-state index contributed by atoms with van der Waals surface area (Å²) >= 11 is 0. The molecule has 0 fully saturated rings. The van der Waals surface area contributed by atoms with Crippen molar-refractivity contribution in [1.82, 2.24) is 0 Å². The largest absolute Gasteiger partial charge is 0.303 e. The van der Waals surface area contributed by atoms with Crippen LogP contribution >= 0.6 is 0 Å². The fourth-order valence-corrected chi connectivity index (χ4v) is 1.18. The highest BCUT2D eigenvalue weighted by Gasteiger charge is 2.21. The molecule has 4 heteroatoms. The molecule has 11 heavy (non-hydrogen) atoms. The van der Waals surface area contributed by atoms with Gasteiger partial charge in [0.15, 0.2) is 0 Å². The van der Waals surface area contributed by atoms with Crippen molar-refractivity contribution >= 4 is 6.29 Å². The summed E-state index contributed by atoms with van der Waals surface area (Å²) in [5, 5.41) is 10.2. The molecule has 0 N–H and O–H groups in total. The van der Waals surface area contributed by atoms with Crippen LogP contribution in [0.3, 0.4) is 0 Å². The number of hydrogen-bond acceptors (Lipinski definition) is 3. The van der Waals surface area contributed by atoms with Gasteiger partial charge in [0.1, 0.15) is 6.29 Å². The molecule has 0 spiro atoms. The van der Waals surface area contributed by atoms with Crippen LogP contribution in [0, 0.1) is 16.0 Å². The van der Waals surface area contributed by atoms with Gasteiger partial charge in [-0.15, -0.1) is 0 Å². The molecule has 4 nitrogen and oxygen atoms in total. The Kier molecular flexibility index (Phi) is 2.36. The van der Waals surface area contributed by atoms with Gasteiger partial charge >= 0.3 is 0 Å². The third kappa shape index (κ3) is 1.86. The summed E-state index contributed by atoms with van der Waals surface area (Å²) in [7, 11) is 0. The molecule has 0 heterocycles. The molecule has 60 valence electrons. The molecule has 1 aliphatic carbocycles. The zero-order valence-corrected chi connectivity index (χ0v) is 6.03. The van der Waals surface area contributed by atoms with E-state index in [1.54, 1.807) is 6.08 Å². The van der Waals surface area contributed by atoms with Crippen molar-refractivity contribution in [1.29, 1.82) is 0 Å². The smallest absolute Gasteiger partial charge is 0.243 e. The molecule has 1 aliphatic rings. The van der Waals surface area contributed by atoms with Gasteiger partial charge in [0.05, 0.1) is 4.92 Å². The molecule has 1 rings (SSSR count). The monoisotopic (exact) mass is 155 g/mol. The Balaban J connectivity index is 2.62. The van der Waals surface area contributed by atoms with Gasteiger partial charge in [-0.25, -0.2) is 0 Å². The Labute approximate surface area is 64.0 Å². The Morgan fingerprint density at radius 1 is 1.73 bits per heavy atom. The van der Waals surface area contributed by atoms with Crippen molar-refractivity contribution in [2.45, 2.75) is 19.3 Å². The second-order valence-electron chi connectivity index (χ2n) is 2.63. The van der Waals surface area contributed by atoms with E-state index in [1.807, 2.05) is 0 Å². The normalized spacial score (nSPS) is 24.0. The van der Waals surface area contributed by atoms with Crippen LogP contribution in [0.15, 0.2) is 11.8 Å². The Bertz CT molecular complexity index is 210. The van der Waals surface area contributed by atoms with Crippen molar-refractivity contribution in [3.05, 3.63) is 21.9 Å². The molecule has 0 saturated heterocycles. The molecule has 0 aromatic carbocycles. The van der Waals surface area contributed by atoms with Crippen LogP contribution in [0.4, 0.5) is 0 Å². The summed E-state index contributed by atoms with van der Waals surface area (Å²) in [5.74, 6) is -0.139. The maximum atomic E-state index is 10.3. The van der Waals surface area contributed by atoms with E-state index in [9.17, 15) is 14.9 Å². The van der Waals surface area contributed by atoms with E-state index in [0.29, 0.717) is 12.8 Å². The minimum Gasteiger partial charge on any atom is -0.303 e. The second-order valence-corrected chi connectivity index (χ2v) is 2.63. The van der Waals surface area contributed by atoms with Crippen LogP contribution in [0.2, 0.25) is 0 Å². The van der Waals surface area contributed by atoms with E-state index in [0.717, 1.165) is 12.7 Å². The van der Waals surface area contributed by atoms with Crippen molar-refractivity contribution < 1.29 is 9.72 Å². The molecule has 0 aromatic rings. The quantitative estimate of drug-likeness (QED) is 0.341. The predicted molar refractivity (Wildman–Crippen MR) is 38.5 cm³/mol. The molecule has 0 aliphatic heterocycles. The van der Waals surface area contributed by atoms with Gasteiger partial charge in [-0.2, -0.15) is 0 Å². The summed E-state index contributed by atoms with van der Waals surface area (Å²) in [5.41, 5.74) is 0.188. The lowest BCUT2D eigenvalue weighted by atomic mass is 9.94. The van der Waals surface area contributed by atoms with Crippen molar-refractivity contribution in [2.24, 2.45) is 5.92 Å². The third-order valence-electron chi connectivity index (χ3n) is 1.82. The first-order chi connectivity index (χ1) is 5.24. The first-order valence-corrected chi connectivity index (χ1v) is 3.52. The highest BCUT2D eigenvalue weighted by Crippen LogP contribution is 2.22. The molecular weight excluding hydrogens is 146 g/mol. The minimum absolute atomic E-state index is 0.139. The summed E-state index contributed by atoms with van der Waals surface area (Å²) in [4.78, 5) is 20.1. The van der Waals surface area contributed by atoms with E-state index in [2.05, 4.69) is 0 Å². The zero-order chi connectivity index (χ0) is 8.27. The average Bonchev–Trinajstić information content (AvgIpc) is 2.05. The van der Waals surface area contributed by atoms with E-state index < -0.39 is 4.92 Å². The van der Waals surface area contributed by atoms with Crippen molar-refractivity contribution in [3.63, 3.8) is 0 Å². The average molecular weight is 155 g/mol. The van der Waals surface area contributed by atoms with Crippen LogP contribution < -0.4 is 0 Å². The molecule has 1 unspecified atom stereocenters. The first-order valence-electron chi connectivity index (χ1n) is 3.52. The lowest BCUT2D eigenvalue weighted by Gasteiger charge is -2.11. The highest BCUT2D eigenvalue weighted by atomic mass is 16.6. The number of hydrogen-bond donors (Lipinski definition) is 0. The summed E-state index contributed by atoms with van der Waals surface area (Å²) < 4.78 is 0. The van der Waals surface area contributed by atoms with Crippen LogP contribution in [0.25, 0.3) is 0 Å². The van der Waals surface area contributed by atoms with Gasteiger partial charge in [0, 0.05) is 12.3 Å². The number of nitrogens with zero attached hydrogens (tertiary/aromatic N) is 1. The molecular formula is C7H9NO3. The summed E-state index contributed by atoms with van der Waals surface area (Å²) in [6, 6.07) is 0. The standard InChI is InChI=1S/C7H9NO3/c9-5-6-2-1-3-7(4-6)8(10)11/h3,5-6H,1-2,4H2. The van der Waals surface area contributed by atoms with Gasteiger partial charge in [-0.3, -0.25) is 10.1 Å². The lowest BCUT2D eigenvalue weighted by molar-refractivity contribution is -0.429. The summed E-state index contributed by atoms with van der Waals surface area (Å²) in [6.45, 7) is 0. The lowest BCUT2D eigenvalue weighted by Crippen LogP contribution is -2.12. The highest BCUT2D eigenvalue weighted by molar-refractivity contribution is 5.54. The number of aldehydes is 1. The maximum absolute atomic E-state index is 10.3. The molecule has 1 atom stereocenters. The molecule has 0 radical (unpaired) electrons.